The molecule has 0 atom stereocenters. The Bertz CT molecular complexity index is 1160. The number of nitrogens with one attached hydrogen (secondary N) is 1. The molecule has 0 saturated carbocycles. The third kappa shape index (κ3) is 5.84. The van der Waals surface area contributed by atoms with Gasteiger partial charge in [0, 0.05) is 5.25 Å². The summed E-state index contributed by atoms with van der Waals surface area (Å²) in [5, 5.41) is 11.4. The molecule has 0 aliphatic carbocycles. The largest absolute Gasteiger partial charge is 0.299 e. The minimum absolute atomic E-state index is 0.118. The van der Waals surface area contributed by atoms with E-state index in [2.05, 4.69) is 15.5 Å². The molecule has 31 heavy (non-hydrogen) atoms. The van der Waals surface area contributed by atoms with Crippen LogP contribution in [0.4, 0.5) is 10.8 Å². The Balaban J connectivity index is 1.88. The SMILES string of the molecule is Cc1ccc(N(CC(=O)Nc2nnc(SC(C)C)s2)S(=O)(=O)c2ccccc2)cc1C. The maximum Gasteiger partial charge on any atom is 0.264 e. The highest BCUT2D eigenvalue weighted by molar-refractivity contribution is 8.01. The number of anilines is 2. The molecule has 1 amide bonds. The maximum absolute atomic E-state index is 13.4. The van der Waals surface area contributed by atoms with E-state index in [1.807, 2.05) is 33.8 Å². The molecule has 10 heteroatoms. The highest BCUT2D eigenvalue weighted by Gasteiger charge is 2.27. The first-order valence-electron chi connectivity index (χ1n) is 9.62. The molecule has 164 valence electrons. The molecule has 1 heterocycles. The van der Waals surface area contributed by atoms with Crippen LogP contribution in [0.25, 0.3) is 0 Å². The lowest BCUT2D eigenvalue weighted by atomic mass is 10.1. The van der Waals surface area contributed by atoms with Crippen molar-refractivity contribution in [3.8, 4) is 0 Å². The van der Waals surface area contributed by atoms with E-state index in [-0.39, 0.29) is 11.4 Å². The van der Waals surface area contributed by atoms with Crippen LogP contribution < -0.4 is 9.62 Å². The fourth-order valence-electron chi connectivity index (χ4n) is 2.71. The van der Waals surface area contributed by atoms with Gasteiger partial charge in [0.05, 0.1) is 10.6 Å². The van der Waals surface area contributed by atoms with Gasteiger partial charge in [0.25, 0.3) is 10.0 Å². The number of rotatable bonds is 8. The second kappa shape index (κ2) is 9.80. The molecule has 0 aliphatic rings. The molecule has 0 unspecified atom stereocenters. The highest BCUT2D eigenvalue weighted by atomic mass is 32.2. The van der Waals surface area contributed by atoms with Crippen LogP contribution in [0.3, 0.4) is 0 Å². The van der Waals surface area contributed by atoms with Gasteiger partial charge in [0.2, 0.25) is 11.0 Å². The third-order valence-corrected chi connectivity index (χ3v) is 8.10. The van der Waals surface area contributed by atoms with Gasteiger partial charge in [-0.15, -0.1) is 10.2 Å². The number of aryl methyl sites for hydroxylation is 2. The summed E-state index contributed by atoms with van der Waals surface area (Å²) in [6, 6.07) is 13.4. The molecule has 0 fully saturated rings. The molecule has 7 nitrogen and oxygen atoms in total. The molecule has 0 aliphatic heterocycles. The lowest BCUT2D eigenvalue weighted by molar-refractivity contribution is -0.114. The first-order chi connectivity index (χ1) is 14.7. The van der Waals surface area contributed by atoms with Crippen LogP contribution in [-0.4, -0.2) is 36.3 Å². The zero-order chi connectivity index (χ0) is 22.6. The first kappa shape index (κ1) is 23.2. The summed E-state index contributed by atoms with van der Waals surface area (Å²) in [5.74, 6) is -0.491. The van der Waals surface area contributed by atoms with Crippen LogP contribution >= 0.6 is 23.1 Å². The van der Waals surface area contributed by atoms with E-state index in [0.717, 1.165) is 19.8 Å². The molecular formula is C21H24N4O3S3. The van der Waals surface area contributed by atoms with Crippen molar-refractivity contribution in [3.63, 3.8) is 0 Å². The van der Waals surface area contributed by atoms with Crippen LogP contribution in [0, 0.1) is 13.8 Å². The van der Waals surface area contributed by atoms with Crippen molar-refractivity contribution in [2.75, 3.05) is 16.2 Å². The van der Waals surface area contributed by atoms with E-state index in [0.29, 0.717) is 16.1 Å². The second-order valence-electron chi connectivity index (χ2n) is 7.18. The minimum atomic E-state index is -3.95. The summed E-state index contributed by atoms with van der Waals surface area (Å²) in [5.41, 5.74) is 2.40. The summed E-state index contributed by atoms with van der Waals surface area (Å²) in [7, 11) is -3.95. The van der Waals surface area contributed by atoms with Crippen molar-refractivity contribution in [1.82, 2.24) is 10.2 Å². The Morgan fingerprint density at radius 3 is 2.45 bits per heavy atom. The average molecular weight is 477 g/mol. The third-order valence-electron chi connectivity index (χ3n) is 4.39. The molecule has 0 radical (unpaired) electrons. The summed E-state index contributed by atoms with van der Waals surface area (Å²) in [6.45, 7) is 7.55. The van der Waals surface area contributed by atoms with E-state index in [4.69, 9.17) is 0 Å². The Kier molecular flexibility index (Phi) is 7.34. The van der Waals surface area contributed by atoms with Crippen molar-refractivity contribution < 1.29 is 13.2 Å². The number of nitrogens with zero attached hydrogens (tertiary/aromatic N) is 3. The lowest BCUT2D eigenvalue weighted by Crippen LogP contribution is -2.38. The van der Waals surface area contributed by atoms with Gasteiger partial charge in [-0.1, -0.05) is 61.2 Å². The number of hydrogen-bond acceptors (Lipinski definition) is 7. The summed E-state index contributed by atoms with van der Waals surface area (Å²) in [4.78, 5) is 12.9. The Labute approximate surface area is 191 Å². The van der Waals surface area contributed by atoms with E-state index in [1.54, 1.807) is 42.1 Å². The number of amides is 1. The van der Waals surface area contributed by atoms with Crippen molar-refractivity contribution in [1.29, 1.82) is 0 Å². The smallest absolute Gasteiger partial charge is 0.264 e. The minimum Gasteiger partial charge on any atom is -0.299 e. The number of carbonyl (C=O) groups is 1. The Hall–Kier alpha value is -2.43. The lowest BCUT2D eigenvalue weighted by Gasteiger charge is -2.24. The molecule has 2 aromatic carbocycles. The van der Waals surface area contributed by atoms with Crippen LogP contribution in [-0.2, 0) is 14.8 Å². The van der Waals surface area contributed by atoms with E-state index in [1.165, 1.54) is 23.5 Å². The summed E-state index contributed by atoms with van der Waals surface area (Å²) >= 11 is 2.81. The Morgan fingerprint density at radius 2 is 1.81 bits per heavy atom. The predicted octanol–water partition coefficient (Wildman–Crippen LogP) is 4.49. The molecule has 3 rings (SSSR count). The number of carbonyl (C=O) groups excluding carboxylic acids is 1. The summed E-state index contributed by atoms with van der Waals surface area (Å²) in [6.07, 6.45) is 0. The molecule has 1 aromatic heterocycles. The van der Waals surface area contributed by atoms with Crippen molar-refractivity contribution in [2.24, 2.45) is 0 Å². The Morgan fingerprint density at radius 1 is 1.10 bits per heavy atom. The molecular weight excluding hydrogens is 452 g/mol. The molecule has 0 saturated heterocycles. The van der Waals surface area contributed by atoms with Crippen LogP contribution in [0.2, 0.25) is 0 Å². The number of benzene rings is 2. The van der Waals surface area contributed by atoms with Gasteiger partial charge in [0.1, 0.15) is 6.54 Å². The fraction of sp³-hybridized carbons (Fsp3) is 0.286. The molecule has 3 aromatic rings. The van der Waals surface area contributed by atoms with Crippen LogP contribution in [0.1, 0.15) is 25.0 Å². The van der Waals surface area contributed by atoms with Crippen molar-refractivity contribution in [3.05, 3.63) is 59.7 Å². The van der Waals surface area contributed by atoms with E-state index < -0.39 is 15.9 Å². The van der Waals surface area contributed by atoms with Crippen molar-refractivity contribution in [2.45, 2.75) is 42.2 Å². The zero-order valence-corrected chi connectivity index (χ0v) is 20.1. The van der Waals surface area contributed by atoms with Gasteiger partial charge in [0.15, 0.2) is 4.34 Å². The van der Waals surface area contributed by atoms with Gasteiger partial charge in [-0.3, -0.25) is 14.4 Å². The van der Waals surface area contributed by atoms with Gasteiger partial charge in [-0.25, -0.2) is 8.42 Å². The van der Waals surface area contributed by atoms with E-state index >= 15 is 0 Å². The van der Waals surface area contributed by atoms with Gasteiger partial charge >= 0.3 is 0 Å². The second-order valence-corrected chi connectivity index (χ2v) is 11.8. The topological polar surface area (TPSA) is 92.3 Å². The number of thioether (sulfide) groups is 1. The normalized spacial score (nSPS) is 11.5. The van der Waals surface area contributed by atoms with Crippen LogP contribution in [0.15, 0.2) is 57.8 Å². The average Bonchev–Trinajstić information content (AvgIpc) is 3.14. The molecule has 1 N–H and O–H groups in total. The van der Waals surface area contributed by atoms with Crippen molar-refractivity contribution >= 4 is 49.8 Å². The monoisotopic (exact) mass is 476 g/mol. The van der Waals surface area contributed by atoms with Crippen LogP contribution in [0.5, 0.6) is 0 Å². The van der Waals surface area contributed by atoms with Gasteiger partial charge in [-0.2, -0.15) is 0 Å². The van der Waals surface area contributed by atoms with E-state index in [9.17, 15) is 13.2 Å². The molecule has 0 bridgehead atoms. The van der Waals surface area contributed by atoms with Gasteiger partial charge in [-0.05, 0) is 49.2 Å². The predicted molar refractivity (Wildman–Crippen MR) is 126 cm³/mol. The number of aromatic nitrogens is 2. The quantitative estimate of drug-likeness (QED) is 0.380. The highest BCUT2D eigenvalue weighted by Crippen LogP contribution is 2.29. The number of hydrogen-bond donors (Lipinski definition) is 1. The van der Waals surface area contributed by atoms with Gasteiger partial charge < -0.3 is 0 Å². The summed E-state index contributed by atoms with van der Waals surface area (Å²) < 4.78 is 28.6. The maximum atomic E-state index is 13.4. The number of sulfonamides is 1. The first-order valence-corrected chi connectivity index (χ1v) is 12.8. The standard InChI is InChI=1S/C21H24N4O3S3/c1-14(2)29-21-24-23-20(30-21)22-19(26)13-25(17-11-10-15(3)16(4)12-17)31(27,28)18-8-6-5-7-9-18/h5-12,14H,13H2,1-4H3,(H,22,23,26). The molecule has 0 spiro atoms. The fourth-order valence-corrected chi connectivity index (χ4v) is 6.14. The zero-order valence-electron chi connectivity index (χ0n) is 17.7.